The van der Waals surface area contributed by atoms with Crippen molar-refractivity contribution >= 4 is 11.6 Å². The predicted molar refractivity (Wildman–Crippen MR) is 81.0 cm³/mol. The first-order valence-electron chi connectivity index (χ1n) is 7.33. The van der Waals surface area contributed by atoms with E-state index in [1.807, 2.05) is 7.05 Å². The van der Waals surface area contributed by atoms with Crippen LogP contribution in [0.15, 0.2) is 36.7 Å². The van der Waals surface area contributed by atoms with E-state index in [0.29, 0.717) is 17.8 Å². The standard InChI is InChI=1S/C16H17F2N3O2/c1-21-9-8-19-13(21)11-4-2-5-12(10-11)20-14(22)16(17,18)15(23)6-3-7-15/h2,4-5,8-10,23H,3,6-7H2,1H3,(H,20,22). The summed E-state index contributed by atoms with van der Waals surface area (Å²) in [4.78, 5) is 16.1. The number of anilines is 1. The first-order chi connectivity index (χ1) is 10.8. The lowest BCUT2D eigenvalue weighted by atomic mass is 9.75. The molecule has 2 N–H and O–H groups in total. The fourth-order valence-corrected chi connectivity index (χ4v) is 2.63. The monoisotopic (exact) mass is 321 g/mol. The van der Waals surface area contributed by atoms with E-state index in [0.717, 1.165) is 0 Å². The third-order valence-corrected chi connectivity index (χ3v) is 4.25. The predicted octanol–water partition coefficient (Wildman–Crippen LogP) is 2.58. The maximum atomic E-state index is 14.1. The molecule has 0 atom stereocenters. The van der Waals surface area contributed by atoms with E-state index >= 15 is 0 Å². The quantitative estimate of drug-likeness (QED) is 0.909. The molecule has 0 bridgehead atoms. The van der Waals surface area contributed by atoms with Gasteiger partial charge in [-0.05, 0) is 31.4 Å². The Labute approximate surface area is 132 Å². The highest BCUT2D eigenvalue weighted by atomic mass is 19.3. The first kappa shape index (κ1) is 15.6. The van der Waals surface area contributed by atoms with Gasteiger partial charge in [0.2, 0.25) is 0 Å². The molecule has 7 heteroatoms. The number of nitrogens with one attached hydrogen (secondary N) is 1. The van der Waals surface area contributed by atoms with Crippen LogP contribution < -0.4 is 5.32 Å². The molecule has 1 aliphatic carbocycles. The third-order valence-electron chi connectivity index (χ3n) is 4.25. The van der Waals surface area contributed by atoms with E-state index in [-0.39, 0.29) is 18.5 Å². The van der Waals surface area contributed by atoms with Crippen LogP contribution in [0.4, 0.5) is 14.5 Å². The van der Waals surface area contributed by atoms with Crippen molar-refractivity contribution in [2.24, 2.45) is 7.05 Å². The van der Waals surface area contributed by atoms with Crippen LogP contribution in [0.1, 0.15) is 19.3 Å². The van der Waals surface area contributed by atoms with Gasteiger partial charge in [-0.2, -0.15) is 8.78 Å². The molecule has 0 radical (unpaired) electrons. The lowest BCUT2D eigenvalue weighted by molar-refractivity contribution is -0.212. The van der Waals surface area contributed by atoms with Crippen LogP contribution in [-0.4, -0.2) is 32.1 Å². The number of hydrogen-bond acceptors (Lipinski definition) is 3. The van der Waals surface area contributed by atoms with Crippen molar-refractivity contribution in [3.63, 3.8) is 0 Å². The van der Waals surface area contributed by atoms with Gasteiger partial charge in [0.25, 0.3) is 5.91 Å². The maximum absolute atomic E-state index is 14.1. The Hall–Kier alpha value is -2.28. The molecule has 0 saturated heterocycles. The summed E-state index contributed by atoms with van der Waals surface area (Å²) < 4.78 is 30.0. The number of carbonyl (C=O) groups is 1. The second-order valence-corrected chi connectivity index (χ2v) is 5.86. The smallest absolute Gasteiger partial charge is 0.352 e. The van der Waals surface area contributed by atoms with Gasteiger partial charge in [0.15, 0.2) is 0 Å². The minimum atomic E-state index is -3.82. The van der Waals surface area contributed by atoms with E-state index in [9.17, 15) is 18.7 Å². The van der Waals surface area contributed by atoms with Gasteiger partial charge in [-0.25, -0.2) is 4.98 Å². The molecule has 23 heavy (non-hydrogen) atoms. The summed E-state index contributed by atoms with van der Waals surface area (Å²) in [5, 5.41) is 12.0. The normalized spacial score (nSPS) is 16.7. The average Bonchev–Trinajstić information content (AvgIpc) is 2.91. The molecule has 1 aliphatic rings. The molecule has 2 aromatic rings. The van der Waals surface area contributed by atoms with E-state index in [1.165, 1.54) is 6.07 Å². The number of benzene rings is 1. The van der Waals surface area contributed by atoms with Crippen molar-refractivity contribution in [3.05, 3.63) is 36.7 Å². The second-order valence-electron chi connectivity index (χ2n) is 5.86. The third kappa shape index (κ3) is 2.61. The largest absolute Gasteiger partial charge is 0.383 e. The first-order valence-corrected chi connectivity index (χ1v) is 7.33. The van der Waals surface area contributed by atoms with Gasteiger partial charge in [0.05, 0.1) is 0 Å². The summed E-state index contributed by atoms with van der Waals surface area (Å²) in [5.74, 6) is -4.65. The highest BCUT2D eigenvalue weighted by Gasteiger charge is 2.61. The van der Waals surface area contributed by atoms with Crippen LogP contribution in [0.25, 0.3) is 11.4 Å². The fraction of sp³-hybridized carbons (Fsp3) is 0.375. The Balaban J connectivity index is 1.81. The van der Waals surface area contributed by atoms with Gasteiger partial charge < -0.3 is 15.0 Å². The van der Waals surface area contributed by atoms with Crippen LogP contribution in [0.3, 0.4) is 0 Å². The molecule has 1 aromatic heterocycles. The molecule has 5 nitrogen and oxygen atoms in total. The van der Waals surface area contributed by atoms with Gasteiger partial charge in [-0.15, -0.1) is 0 Å². The van der Waals surface area contributed by atoms with Gasteiger partial charge in [-0.1, -0.05) is 12.1 Å². The van der Waals surface area contributed by atoms with Crippen molar-refractivity contribution in [2.75, 3.05) is 5.32 Å². The molecule has 0 unspecified atom stereocenters. The molecule has 1 aromatic carbocycles. The fourth-order valence-electron chi connectivity index (χ4n) is 2.63. The summed E-state index contributed by atoms with van der Waals surface area (Å²) >= 11 is 0. The lowest BCUT2D eigenvalue weighted by Gasteiger charge is -2.41. The highest BCUT2D eigenvalue weighted by molar-refractivity contribution is 5.97. The average molecular weight is 321 g/mol. The summed E-state index contributed by atoms with van der Waals surface area (Å²) in [6.07, 6.45) is 3.75. The topological polar surface area (TPSA) is 67.2 Å². The van der Waals surface area contributed by atoms with E-state index in [2.05, 4.69) is 10.3 Å². The Bertz CT molecular complexity index is 738. The van der Waals surface area contributed by atoms with Crippen molar-refractivity contribution in [1.29, 1.82) is 0 Å². The van der Waals surface area contributed by atoms with E-state index in [4.69, 9.17) is 0 Å². The zero-order valence-corrected chi connectivity index (χ0v) is 12.6. The van der Waals surface area contributed by atoms with Crippen molar-refractivity contribution in [2.45, 2.75) is 30.8 Å². The van der Waals surface area contributed by atoms with Gasteiger partial charge in [0, 0.05) is 30.7 Å². The van der Waals surface area contributed by atoms with Crippen molar-refractivity contribution in [1.82, 2.24) is 9.55 Å². The molecular formula is C16H17F2N3O2. The molecule has 1 heterocycles. The number of aromatic nitrogens is 2. The number of alkyl halides is 2. The van der Waals surface area contributed by atoms with Crippen LogP contribution in [-0.2, 0) is 11.8 Å². The molecule has 1 amide bonds. The number of aryl methyl sites for hydroxylation is 1. The number of carbonyl (C=O) groups excluding carboxylic acids is 1. The number of halogens is 2. The summed E-state index contributed by atoms with van der Waals surface area (Å²) in [6, 6.07) is 6.51. The number of hydrogen-bond donors (Lipinski definition) is 2. The lowest BCUT2D eigenvalue weighted by Crippen LogP contribution is -2.59. The van der Waals surface area contributed by atoms with Crippen LogP contribution in [0.2, 0.25) is 0 Å². The number of aliphatic hydroxyl groups is 1. The molecule has 3 rings (SSSR count). The molecule has 1 saturated carbocycles. The summed E-state index contributed by atoms with van der Waals surface area (Å²) in [7, 11) is 1.81. The van der Waals surface area contributed by atoms with Crippen LogP contribution in [0, 0.1) is 0 Å². The molecule has 1 fully saturated rings. The Kier molecular flexibility index (Phi) is 3.68. The number of nitrogens with zero attached hydrogens (tertiary/aromatic N) is 2. The molecule has 0 spiro atoms. The van der Waals surface area contributed by atoms with Crippen LogP contribution >= 0.6 is 0 Å². The highest BCUT2D eigenvalue weighted by Crippen LogP contribution is 2.44. The zero-order valence-electron chi connectivity index (χ0n) is 12.6. The Morgan fingerprint density at radius 3 is 2.74 bits per heavy atom. The summed E-state index contributed by atoms with van der Waals surface area (Å²) in [6.45, 7) is 0. The Morgan fingerprint density at radius 2 is 2.17 bits per heavy atom. The molecule has 122 valence electrons. The number of imidazole rings is 1. The zero-order chi connectivity index (χ0) is 16.7. The molecular weight excluding hydrogens is 304 g/mol. The van der Waals surface area contributed by atoms with Gasteiger partial charge in [0.1, 0.15) is 11.4 Å². The van der Waals surface area contributed by atoms with Crippen LogP contribution in [0.5, 0.6) is 0 Å². The van der Waals surface area contributed by atoms with Gasteiger partial charge in [-0.3, -0.25) is 4.79 Å². The maximum Gasteiger partial charge on any atom is 0.352 e. The van der Waals surface area contributed by atoms with Crippen molar-refractivity contribution < 1.29 is 18.7 Å². The van der Waals surface area contributed by atoms with E-state index in [1.54, 1.807) is 35.2 Å². The molecule has 0 aliphatic heterocycles. The minimum absolute atomic E-state index is 0.0687. The minimum Gasteiger partial charge on any atom is -0.383 e. The van der Waals surface area contributed by atoms with Gasteiger partial charge >= 0.3 is 5.92 Å². The van der Waals surface area contributed by atoms with Crippen molar-refractivity contribution in [3.8, 4) is 11.4 Å². The Morgan fingerprint density at radius 1 is 1.43 bits per heavy atom. The summed E-state index contributed by atoms with van der Waals surface area (Å²) in [5.41, 5.74) is -1.30. The number of amides is 1. The number of rotatable bonds is 4. The van der Waals surface area contributed by atoms with E-state index < -0.39 is 17.4 Å². The SMILES string of the molecule is Cn1ccnc1-c1cccc(NC(=O)C(F)(F)C2(O)CCC2)c1. The second kappa shape index (κ2) is 5.42.